The minimum Gasteiger partial charge on any atom is -0.379 e. The van der Waals surface area contributed by atoms with Crippen LogP contribution >= 0.6 is 0 Å². The van der Waals surface area contributed by atoms with E-state index in [2.05, 4.69) is 0 Å². The summed E-state index contributed by atoms with van der Waals surface area (Å²) in [4.78, 5) is 34.5. The lowest BCUT2D eigenvalue weighted by atomic mass is 10.0. The van der Waals surface area contributed by atoms with Crippen LogP contribution in [0.25, 0.3) is 0 Å². The average Bonchev–Trinajstić information content (AvgIpc) is 2.78. The molecule has 0 N–H and O–H groups in total. The zero-order chi connectivity index (χ0) is 24.9. The van der Waals surface area contributed by atoms with Gasteiger partial charge in [0.2, 0.25) is 0 Å². The molecule has 0 saturated carbocycles. The molecule has 0 saturated heterocycles. The number of halogens is 1. The largest absolute Gasteiger partial charge is 0.379 e. The number of hydrogen-bond donors (Lipinski definition) is 0. The first kappa shape index (κ1) is 31.7. The Bertz CT molecular complexity index is 525. The van der Waals surface area contributed by atoms with E-state index in [4.69, 9.17) is 23.7 Å². The van der Waals surface area contributed by atoms with Crippen LogP contribution in [0.15, 0.2) is 0 Å². The van der Waals surface area contributed by atoms with Crippen molar-refractivity contribution in [3.63, 3.8) is 0 Å². The Hall–Kier alpha value is -1.26. The van der Waals surface area contributed by atoms with Gasteiger partial charge in [-0.3, -0.25) is 14.4 Å². The molecule has 0 radical (unpaired) electrons. The van der Waals surface area contributed by atoms with Crippen molar-refractivity contribution in [2.24, 2.45) is 11.8 Å². The SMILES string of the molecule is CC(C)C(=O)CCC(F)C(=O)CCCOCCOCCOCCOCCOCC(=O)C(C)C. The van der Waals surface area contributed by atoms with E-state index in [9.17, 15) is 18.8 Å². The number of alkyl halides is 1. The van der Waals surface area contributed by atoms with Gasteiger partial charge in [-0.05, 0) is 12.8 Å². The molecule has 0 aromatic rings. The third-order valence-electron chi connectivity index (χ3n) is 4.73. The summed E-state index contributed by atoms with van der Waals surface area (Å²) in [5, 5.41) is 0. The summed E-state index contributed by atoms with van der Waals surface area (Å²) in [7, 11) is 0. The minimum atomic E-state index is -1.57. The van der Waals surface area contributed by atoms with Crippen molar-refractivity contribution in [3.8, 4) is 0 Å². The van der Waals surface area contributed by atoms with Crippen LogP contribution in [-0.2, 0) is 38.1 Å². The van der Waals surface area contributed by atoms with Gasteiger partial charge in [-0.15, -0.1) is 0 Å². The normalized spacial score (nSPS) is 12.5. The molecule has 0 bridgehead atoms. The number of ether oxygens (including phenoxy) is 5. The van der Waals surface area contributed by atoms with Crippen LogP contribution in [0.5, 0.6) is 0 Å². The molecule has 0 amide bonds. The molecule has 33 heavy (non-hydrogen) atoms. The van der Waals surface area contributed by atoms with E-state index >= 15 is 0 Å². The maximum absolute atomic E-state index is 13.8. The van der Waals surface area contributed by atoms with Crippen LogP contribution in [0.1, 0.15) is 53.4 Å². The van der Waals surface area contributed by atoms with Gasteiger partial charge < -0.3 is 23.7 Å². The second kappa shape index (κ2) is 21.3. The third-order valence-corrected chi connectivity index (χ3v) is 4.73. The number of rotatable bonds is 24. The Morgan fingerprint density at radius 2 is 1.00 bits per heavy atom. The maximum atomic E-state index is 13.8. The van der Waals surface area contributed by atoms with E-state index < -0.39 is 12.0 Å². The smallest absolute Gasteiger partial charge is 0.166 e. The summed E-state index contributed by atoms with van der Waals surface area (Å²) in [5.74, 6) is -0.561. The van der Waals surface area contributed by atoms with Gasteiger partial charge in [0.1, 0.15) is 12.4 Å². The van der Waals surface area contributed by atoms with Gasteiger partial charge in [0.15, 0.2) is 17.7 Å². The van der Waals surface area contributed by atoms with E-state index in [0.717, 1.165) is 0 Å². The number of carbonyl (C=O) groups is 3. The fraction of sp³-hybridized carbons (Fsp3) is 0.875. The van der Waals surface area contributed by atoms with Gasteiger partial charge in [0, 0.05) is 31.3 Å². The summed E-state index contributed by atoms with van der Waals surface area (Å²) >= 11 is 0. The van der Waals surface area contributed by atoms with Gasteiger partial charge in [-0.1, -0.05) is 27.7 Å². The Morgan fingerprint density at radius 3 is 1.45 bits per heavy atom. The first-order valence-electron chi connectivity index (χ1n) is 11.9. The van der Waals surface area contributed by atoms with Gasteiger partial charge in [-0.25, -0.2) is 4.39 Å². The summed E-state index contributed by atoms with van der Waals surface area (Å²) in [6.45, 7) is 11.0. The molecule has 0 aromatic carbocycles. The predicted molar refractivity (Wildman–Crippen MR) is 122 cm³/mol. The second-order valence-electron chi connectivity index (χ2n) is 8.32. The molecular weight excluding hydrogens is 435 g/mol. The molecule has 0 aliphatic heterocycles. The highest BCUT2D eigenvalue weighted by Gasteiger charge is 2.19. The molecule has 0 spiro atoms. The van der Waals surface area contributed by atoms with Gasteiger partial charge in [-0.2, -0.15) is 0 Å². The van der Waals surface area contributed by atoms with Gasteiger partial charge in [0.25, 0.3) is 0 Å². The fourth-order valence-corrected chi connectivity index (χ4v) is 2.44. The summed E-state index contributed by atoms with van der Waals surface area (Å²) in [6, 6.07) is 0. The number of Topliss-reactive ketones (excluding diaryl/α,β-unsaturated/α-hetero) is 3. The van der Waals surface area contributed by atoms with Crippen LogP contribution in [0.4, 0.5) is 4.39 Å². The lowest BCUT2D eigenvalue weighted by Crippen LogP contribution is -2.19. The van der Waals surface area contributed by atoms with E-state index in [1.54, 1.807) is 13.8 Å². The van der Waals surface area contributed by atoms with Crippen LogP contribution < -0.4 is 0 Å². The van der Waals surface area contributed by atoms with Crippen LogP contribution in [0, 0.1) is 11.8 Å². The molecule has 0 fully saturated rings. The molecular formula is C24H43FO8. The summed E-state index contributed by atoms with van der Waals surface area (Å²) in [5.41, 5.74) is 0. The van der Waals surface area contributed by atoms with Crippen molar-refractivity contribution in [2.45, 2.75) is 59.5 Å². The first-order valence-corrected chi connectivity index (χ1v) is 11.9. The molecule has 1 unspecified atom stereocenters. The van der Waals surface area contributed by atoms with Crippen molar-refractivity contribution in [1.82, 2.24) is 0 Å². The van der Waals surface area contributed by atoms with Crippen LogP contribution in [-0.4, -0.2) is 89.6 Å². The topological polar surface area (TPSA) is 97.4 Å². The molecule has 0 rings (SSSR count). The van der Waals surface area contributed by atoms with E-state index in [-0.39, 0.29) is 49.3 Å². The van der Waals surface area contributed by atoms with E-state index in [1.807, 2.05) is 13.8 Å². The van der Waals surface area contributed by atoms with Crippen molar-refractivity contribution in [3.05, 3.63) is 0 Å². The predicted octanol–water partition coefficient (Wildman–Crippen LogP) is 2.99. The van der Waals surface area contributed by atoms with Crippen LogP contribution in [0.3, 0.4) is 0 Å². The average molecular weight is 479 g/mol. The molecule has 0 aromatic heterocycles. The monoisotopic (exact) mass is 478 g/mol. The zero-order valence-electron chi connectivity index (χ0n) is 20.8. The second-order valence-corrected chi connectivity index (χ2v) is 8.32. The lowest BCUT2D eigenvalue weighted by molar-refractivity contribution is -0.127. The first-order chi connectivity index (χ1) is 15.8. The van der Waals surface area contributed by atoms with E-state index in [0.29, 0.717) is 65.9 Å². The Kier molecular flexibility index (Phi) is 20.5. The minimum absolute atomic E-state index is 0.0154. The van der Waals surface area contributed by atoms with E-state index in [1.165, 1.54) is 0 Å². The molecule has 194 valence electrons. The van der Waals surface area contributed by atoms with Crippen molar-refractivity contribution in [2.75, 3.05) is 66.1 Å². The number of carbonyl (C=O) groups excluding carboxylic acids is 3. The highest BCUT2D eigenvalue weighted by atomic mass is 19.1. The highest BCUT2D eigenvalue weighted by Crippen LogP contribution is 2.10. The van der Waals surface area contributed by atoms with Crippen LogP contribution in [0.2, 0.25) is 0 Å². The Balaban J connectivity index is 3.33. The van der Waals surface area contributed by atoms with Gasteiger partial charge in [0.05, 0.1) is 52.9 Å². The van der Waals surface area contributed by atoms with Crippen molar-refractivity contribution < 1.29 is 42.5 Å². The standard InChI is InChI=1S/C24H43FO8/c1-19(2)22(26)8-7-21(25)23(27)6-5-9-29-10-11-30-12-13-31-14-15-32-16-17-33-18-24(28)20(3)4/h19-21H,5-18H2,1-4H3. The molecule has 0 aliphatic carbocycles. The maximum Gasteiger partial charge on any atom is 0.166 e. The van der Waals surface area contributed by atoms with Crippen molar-refractivity contribution in [1.29, 1.82) is 0 Å². The quantitative estimate of drug-likeness (QED) is 0.195. The number of ketones is 3. The molecule has 0 heterocycles. The Labute approximate surface area is 197 Å². The fourth-order valence-electron chi connectivity index (χ4n) is 2.44. The highest BCUT2D eigenvalue weighted by molar-refractivity contribution is 5.85. The van der Waals surface area contributed by atoms with Crippen molar-refractivity contribution >= 4 is 17.3 Å². The molecule has 8 nitrogen and oxygen atoms in total. The zero-order valence-corrected chi connectivity index (χ0v) is 20.8. The lowest BCUT2D eigenvalue weighted by Gasteiger charge is -2.09. The molecule has 1 atom stereocenters. The third kappa shape index (κ3) is 19.9. The molecule has 9 heteroatoms. The number of hydrogen-bond acceptors (Lipinski definition) is 8. The molecule has 0 aliphatic rings. The Morgan fingerprint density at radius 1 is 0.576 bits per heavy atom. The summed E-state index contributed by atoms with van der Waals surface area (Å²) in [6.07, 6.45) is -0.954. The summed E-state index contributed by atoms with van der Waals surface area (Å²) < 4.78 is 40.4. The van der Waals surface area contributed by atoms with Gasteiger partial charge >= 0.3 is 0 Å².